The number of aryl methyl sites for hydroxylation is 1. The number of allylic oxidation sites excluding steroid dienone is 1. The zero-order chi connectivity index (χ0) is 14.5. The zero-order valence-electron chi connectivity index (χ0n) is 11.3. The number of hydrogen-bond acceptors (Lipinski definition) is 3. The van der Waals surface area contributed by atoms with E-state index in [0.29, 0.717) is 11.1 Å². The summed E-state index contributed by atoms with van der Waals surface area (Å²) < 4.78 is 13.7. The van der Waals surface area contributed by atoms with E-state index in [1.807, 2.05) is 0 Å². The highest BCUT2D eigenvalue weighted by Crippen LogP contribution is 2.40. The largest absolute Gasteiger partial charge is 0.506 e. The van der Waals surface area contributed by atoms with Gasteiger partial charge in [0.15, 0.2) is 11.6 Å². The maximum atomic E-state index is 13.7. The van der Waals surface area contributed by atoms with Crippen molar-refractivity contribution >= 4 is 17.3 Å². The number of aliphatic hydroxyl groups excluding tert-OH is 1. The molecule has 0 amide bonds. The lowest BCUT2D eigenvalue weighted by atomic mass is 9.70. The molecule has 0 aliphatic heterocycles. The summed E-state index contributed by atoms with van der Waals surface area (Å²) in [6.07, 6.45) is 0. The van der Waals surface area contributed by atoms with Crippen LogP contribution in [0, 0.1) is 12.7 Å². The van der Waals surface area contributed by atoms with Crippen molar-refractivity contribution in [2.24, 2.45) is 0 Å². The van der Waals surface area contributed by atoms with E-state index in [0.717, 1.165) is 0 Å². The molecule has 0 unspecified atom stereocenters. The molecule has 1 N–H and O–H groups in total. The van der Waals surface area contributed by atoms with E-state index >= 15 is 0 Å². The maximum Gasteiger partial charge on any atom is 0.180 e. The van der Waals surface area contributed by atoms with Crippen LogP contribution in [-0.2, 0) is 15.0 Å². The molecule has 0 saturated carbocycles. The number of ketones is 2. The number of aliphatic hydroxyl groups is 1. The fraction of sp³-hybridized carbons (Fsp3) is 0.333. The van der Waals surface area contributed by atoms with E-state index in [-0.39, 0.29) is 11.1 Å². The summed E-state index contributed by atoms with van der Waals surface area (Å²) in [5.74, 6) is -1.85. The van der Waals surface area contributed by atoms with Crippen LogP contribution in [0.1, 0.15) is 37.5 Å². The van der Waals surface area contributed by atoms with E-state index in [1.54, 1.807) is 26.8 Å². The van der Waals surface area contributed by atoms with Crippen molar-refractivity contribution in [3.05, 3.63) is 40.2 Å². The van der Waals surface area contributed by atoms with Crippen LogP contribution >= 0.6 is 0 Å². The highest BCUT2D eigenvalue weighted by molar-refractivity contribution is 6.28. The van der Waals surface area contributed by atoms with Crippen molar-refractivity contribution in [3.63, 3.8) is 0 Å². The Morgan fingerprint density at radius 3 is 2.42 bits per heavy atom. The monoisotopic (exact) mass is 262 g/mol. The van der Waals surface area contributed by atoms with Crippen molar-refractivity contribution in [1.29, 1.82) is 0 Å². The van der Waals surface area contributed by atoms with E-state index in [2.05, 4.69) is 0 Å². The van der Waals surface area contributed by atoms with Crippen molar-refractivity contribution in [1.82, 2.24) is 0 Å². The number of benzene rings is 1. The Labute approximate surface area is 110 Å². The molecule has 0 saturated heterocycles. The minimum Gasteiger partial charge on any atom is -0.506 e. The molecule has 1 aliphatic rings. The third-order valence-corrected chi connectivity index (χ3v) is 3.61. The first-order valence-corrected chi connectivity index (χ1v) is 5.98. The van der Waals surface area contributed by atoms with Gasteiger partial charge in [-0.25, -0.2) is 4.39 Å². The first-order valence-electron chi connectivity index (χ1n) is 5.98. The lowest BCUT2D eigenvalue weighted by Gasteiger charge is -2.32. The van der Waals surface area contributed by atoms with Crippen molar-refractivity contribution in [3.8, 4) is 0 Å². The summed E-state index contributed by atoms with van der Waals surface area (Å²) in [6, 6.07) is 2.73. The first-order chi connectivity index (χ1) is 8.67. The topological polar surface area (TPSA) is 54.4 Å². The average Bonchev–Trinajstić information content (AvgIpc) is 2.29. The summed E-state index contributed by atoms with van der Waals surface area (Å²) in [5, 5.41) is 10.1. The second-order valence-corrected chi connectivity index (χ2v) is 5.38. The quantitative estimate of drug-likeness (QED) is 0.792. The Morgan fingerprint density at radius 1 is 1.32 bits per heavy atom. The first kappa shape index (κ1) is 13.5. The predicted molar refractivity (Wildman–Crippen MR) is 69.4 cm³/mol. The number of Topliss-reactive ketones (excluding diaryl/α,β-unsaturated/α-hetero) is 2. The number of carbonyl (C=O) groups is 2. The average molecular weight is 262 g/mol. The van der Waals surface area contributed by atoms with E-state index < -0.39 is 28.6 Å². The van der Waals surface area contributed by atoms with Crippen molar-refractivity contribution in [2.45, 2.75) is 33.1 Å². The molecule has 0 radical (unpaired) electrons. The summed E-state index contributed by atoms with van der Waals surface area (Å²) >= 11 is 0. The lowest BCUT2D eigenvalue weighted by Crippen LogP contribution is -2.37. The van der Waals surface area contributed by atoms with Crippen LogP contribution in [0.25, 0.3) is 5.76 Å². The van der Waals surface area contributed by atoms with Gasteiger partial charge in [-0.1, -0.05) is 6.07 Å². The fourth-order valence-corrected chi connectivity index (χ4v) is 2.40. The number of carbonyl (C=O) groups excluding carboxylic acids is 2. The number of hydrogen-bond donors (Lipinski definition) is 1. The molecule has 0 aromatic heterocycles. The molecule has 0 atom stereocenters. The Morgan fingerprint density at radius 2 is 1.89 bits per heavy atom. The third kappa shape index (κ3) is 1.79. The van der Waals surface area contributed by atoms with Crippen LogP contribution in [-0.4, -0.2) is 16.7 Å². The minimum absolute atomic E-state index is 0.220. The Bertz CT molecular complexity index is 639. The molecular formula is C15H15FO3. The van der Waals surface area contributed by atoms with Gasteiger partial charge in [-0.15, -0.1) is 0 Å². The number of rotatable bonds is 1. The van der Waals surface area contributed by atoms with Gasteiger partial charge in [-0.3, -0.25) is 9.59 Å². The van der Waals surface area contributed by atoms with Gasteiger partial charge < -0.3 is 5.11 Å². The Kier molecular flexibility index (Phi) is 2.84. The minimum atomic E-state index is -0.957. The standard InChI is InChI=1S/C15H15FO3/c1-7-5-10-9(6-11(7)16)13(18)12(8(2)17)14(19)15(10,3)4/h5-6,18H,1-4H3. The van der Waals surface area contributed by atoms with E-state index in [4.69, 9.17) is 0 Å². The second-order valence-electron chi connectivity index (χ2n) is 5.38. The van der Waals surface area contributed by atoms with Gasteiger partial charge >= 0.3 is 0 Å². The summed E-state index contributed by atoms with van der Waals surface area (Å²) in [7, 11) is 0. The van der Waals surface area contributed by atoms with Crippen molar-refractivity contribution < 1.29 is 19.1 Å². The number of halogens is 1. The highest BCUT2D eigenvalue weighted by atomic mass is 19.1. The summed E-state index contributed by atoms with van der Waals surface area (Å²) in [5.41, 5.74) is -0.0441. The molecule has 1 aliphatic carbocycles. The van der Waals surface area contributed by atoms with Crippen LogP contribution in [0.2, 0.25) is 0 Å². The summed E-state index contributed by atoms with van der Waals surface area (Å²) in [6.45, 7) is 6.15. The number of fused-ring (bicyclic) bond motifs is 1. The van der Waals surface area contributed by atoms with Gasteiger partial charge in [0.1, 0.15) is 17.1 Å². The maximum absolute atomic E-state index is 13.7. The van der Waals surface area contributed by atoms with Crippen LogP contribution in [0.5, 0.6) is 0 Å². The lowest BCUT2D eigenvalue weighted by molar-refractivity contribution is -0.123. The van der Waals surface area contributed by atoms with Crippen LogP contribution < -0.4 is 0 Å². The van der Waals surface area contributed by atoms with Crippen LogP contribution in [0.3, 0.4) is 0 Å². The molecule has 4 heteroatoms. The highest BCUT2D eigenvalue weighted by Gasteiger charge is 2.42. The molecule has 2 rings (SSSR count). The van der Waals surface area contributed by atoms with E-state index in [1.165, 1.54) is 13.0 Å². The smallest absolute Gasteiger partial charge is 0.180 e. The third-order valence-electron chi connectivity index (χ3n) is 3.61. The normalized spacial score (nSPS) is 17.4. The van der Waals surface area contributed by atoms with Gasteiger partial charge in [0, 0.05) is 5.56 Å². The molecule has 19 heavy (non-hydrogen) atoms. The fourth-order valence-electron chi connectivity index (χ4n) is 2.40. The van der Waals surface area contributed by atoms with Crippen molar-refractivity contribution in [2.75, 3.05) is 0 Å². The van der Waals surface area contributed by atoms with Gasteiger partial charge in [0.05, 0.1) is 5.41 Å². The Balaban J connectivity index is 2.88. The molecule has 100 valence electrons. The summed E-state index contributed by atoms with van der Waals surface area (Å²) in [4.78, 5) is 23.9. The SMILES string of the molecule is CC(=O)C1=C(O)c2cc(F)c(C)cc2C(C)(C)C1=O. The second kappa shape index (κ2) is 4.02. The Hall–Kier alpha value is -1.97. The van der Waals surface area contributed by atoms with Gasteiger partial charge in [0.25, 0.3) is 0 Å². The van der Waals surface area contributed by atoms with E-state index in [9.17, 15) is 19.1 Å². The van der Waals surface area contributed by atoms with Crippen LogP contribution in [0.15, 0.2) is 17.7 Å². The molecule has 0 fully saturated rings. The molecule has 1 aromatic carbocycles. The molecule has 0 heterocycles. The van der Waals surface area contributed by atoms with Crippen LogP contribution in [0.4, 0.5) is 4.39 Å². The molecular weight excluding hydrogens is 247 g/mol. The van der Waals surface area contributed by atoms with Gasteiger partial charge in [-0.2, -0.15) is 0 Å². The van der Waals surface area contributed by atoms with Gasteiger partial charge in [-0.05, 0) is 44.9 Å². The zero-order valence-corrected chi connectivity index (χ0v) is 11.3. The molecule has 1 aromatic rings. The molecule has 3 nitrogen and oxygen atoms in total. The van der Waals surface area contributed by atoms with Gasteiger partial charge in [0.2, 0.25) is 0 Å². The molecule has 0 bridgehead atoms. The predicted octanol–water partition coefficient (Wildman–Crippen LogP) is 2.85. The molecule has 0 spiro atoms.